The van der Waals surface area contributed by atoms with Crippen molar-refractivity contribution < 1.29 is 9.90 Å². The van der Waals surface area contributed by atoms with Crippen molar-refractivity contribution in [3.05, 3.63) is 71.9 Å². The number of aryl methyl sites for hydroxylation is 2. The van der Waals surface area contributed by atoms with Crippen LogP contribution in [0.1, 0.15) is 23.6 Å². The SMILES string of the molecule is Cc1ccc2c(ccn2C(CCc2ccccc2)C(=O)O)c1. The molecule has 1 heterocycles. The number of nitrogens with zero attached hydrogens (tertiary/aromatic N) is 1. The van der Waals surface area contributed by atoms with Gasteiger partial charge in [0.05, 0.1) is 0 Å². The van der Waals surface area contributed by atoms with Crippen molar-refractivity contribution in [3.63, 3.8) is 0 Å². The number of benzene rings is 2. The molecule has 1 unspecified atom stereocenters. The summed E-state index contributed by atoms with van der Waals surface area (Å²) in [4.78, 5) is 11.7. The molecule has 1 aromatic heterocycles. The van der Waals surface area contributed by atoms with E-state index in [1.54, 1.807) is 0 Å². The average molecular weight is 293 g/mol. The van der Waals surface area contributed by atoms with Crippen LogP contribution >= 0.6 is 0 Å². The van der Waals surface area contributed by atoms with Crippen LogP contribution in [0.15, 0.2) is 60.8 Å². The summed E-state index contributed by atoms with van der Waals surface area (Å²) >= 11 is 0. The highest BCUT2D eigenvalue weighted by molar-refractivity contribution is 5.83. The molecule has 1 N–H and O–H groups in total. The summed E-state index contributed by atoms with van der Waals surface area (Å²) in [6.07, 6.45) is 3.22. The van der Waals surface area contributed by atoms with Gasteiger partial charge >= 0.3 is 5.97 Å². The Balaban J connectivity index is 1.88. The highest BCUT2D eigenvalue weighted by atomic mass is 16.4. The van der Waals surface area contributed by atoms with Gasteiger partial charge in [0, 0.05) is 11.7 Å². The first-order valence-corrected chi connectivity index (χ1v) is 7.49. The molecular weight excluding hydrogens is 274 g/mol. The zero-order valence-corrected chi connectivity index (χ0v) is 12.6. The van der Waals surface area contributed by atoms with Gasteiger partial charge in [0.2, 0.25) is 0 Å². The molecule has 0 saturated carbocycles. The normalized spacial score (nSPS) is 12.4. The van der Waals surface area contributed by atoms with Gasteiger partial charge < -0.3 is 9.67 Å². The predicted octanol–water partition coefficient (Wildman–Crippen LogP) is 4.21. The van der Waals surface area contributed by atoms with Crippen LogP contribution < -0.4 is 0 Å². The first-order chi connectivity index (χ1) is 10.6. The van der Waals surface area contributed by atoms with E-state index < -0.39 is 12.0 Å². The van der Waals surface area contributed by atoms with Crippen LogP contribution in [0.3, 0.4) is 0 Å². The topological polar surface area (TPSA) is 42.2 Å². The molecule has 3 nitrogen and oxygen atoms in total. The standard InChI is InChI=1S/C19H19NO2/c1-14-7-9-17-16(13-14)11-12-20(17)18(19(21)22)10-8-15-5-3-2-4-6-15/h2-7,9,11-13,18H,8,10H2,1H3,(H,21,22). The summed E-state index contributed by atoms with van der Waals surface area (Å²) in [6, 6.07) is 17.6. The molecule has 0 aliphatic heterocycles. The van der Waals surface area contributed by atoms with Gasteiger partial charge in [-0.2, -0.15) is 0 Å². The summed E-state index contributed by atoms with van der Waals surface area (Å²) in [6.45, 7) is 2.04. The van der Waals surface area contributed by atoms with Gasteiger partial charge in [-0.05, 0) is 48.9 Å². The number of carboxylic acid groups (broad SMARTS) is 1. The molecule has 0 amide bonds. The lowest BCUT2D eigenvalue weighted by atomic mass is 10.0. The maximum atomic E-state index is 11.7. The zero-order valence-electron chi connectivity index (χ0n) is 12.6. The van der Waals surface area contributed by atoms with Gasteiger partial charge in [0.15, 0.2) is 0 Å². The number of fused-ring (bicyclic) bond motifs is 1. The van der Waals surface area contributed by atoms with E-state index in [2.05, 4.69) is 6.07 Å². The lowest BCUT2D eigenvalue weighted by molar-refractivity contribution is -0.141. The van der Waals surface area contributed by atoms with Gasteiger partial charge in [-0.25, -0.2) is 4.79 Å². The molecule has 112 valence electrons. The molecule has 0 saturated heterocycles. The Morgan fingerprint density at radius 2 is 1.91 bits per heavy atom. The number of hydrogen-bond acceptors (Lipinski definition) is 1. The molecule has 3 aromatic rings. The molecule has 0 aliphatic carbocycles. The zero-order chi connectivity index (χ0) is 15.5. The summed E-state index contributed by atoms with van der Waals surface area (Å²) < 4.78 is 1.88. The Kier molecular flexibility index (Phi) is 3.96. The summed E-state index contributed by atoms with van der Waals surface area (Å²) in [5.74, 6) is -0.783. The second kappa shape index (κ2) is 6.06. The second-order valence-corrected chi connectivity index (χ2v) is 5.66. The first-order valence-electron chi connectivity index (χ1n) is 7.49. The van der Waals surface area contributed by atoms with Crippen LogP contribution in [0.5, 0.6) is 0 Å². The second-order valence-electron chi connectivity index (χ2n) is 5.66. The fourth-order valence-corrected chi connectivity index (χ4v) is 2.88. The highest BCUT2D eigenvalue weighted by Gasteiger charge is 2.20. The number of carboxylic acids is 1. The third kappa shape index (κ3) is 2.89. The van der Waals surface area contributed by atoms with E-state index in [1.807, 2.05) is 66.2 Å². The van der Waals surface area contributed by atoms with E-state index in [0.717, 1.165) is 17.3 Å². The Labute approximate surface area is 129 Å². The van der Waals surface area contributed by atoms with E-state index in [1.165, 1.54) is 11.1 Å². The number of aliphatic carboxylic acids is 1. The average Bonchev–Trinajstić information content (AvgIpc) is 2.91. The molecule has 0 spiro atoms. The van der Waals surface area contributed by atoms with Gasteiger partial charge in [-0.15, -0.1) is 0 Å². The molecule has 1 atom stereocenters. The summed E-state index contributed by atoms with van der Waals surface area (Å²) in [7, 11) is 0. The smallest absolute Gasteiger partial charge is 0.326 e. The summed E-state index contributed by atoms with van der Waals surface area (Å²) in [5.41, 5.74) is 3.33. The van der Waals surface area contributed by atoms with E-state index in [0.29, 0.717) is 6.42 Å². The minimum atomic E-state index is -0.783. The van der Waals surface area contributed by atoms with Crippen molar-refractivity contribution in [2.75, 3.05) is 0 Å². The van der Waals surface area contributed by atoms with Crippen LogP contribution in [-0.4, -0.2) is 15.6 Å². The van der Waals surface area contributed by atoms with Gasteiger partial charge in [-0.3, -0.25) is 0 Å². The molecule has 3 heteroatoms. The monoisotopic (exact) mass is 293 g/mol. The Bertz CT molecular complexity index is 790. The molecule has 0 aliphatic rings. The predicted molar refractivity (Wildman–Crippen MR) is 88.1 cm³/mol. The van der Waals surface area contributed by atoms with Gasteiger partial charge in [0.25, 0.3) is 0 Å². The van der Waals surface area contributed by atoms with E-state index in [-0.39, 0.29) is 0 Å². The molecular formula is C19H19NO2. The molecule has 0 bridgehead atoms. The highest BCUT2D eigenvalue weighted by Crippen LogP contribution is 2.24. The molecule has 0 fully saturated rings. The van der Waals surface area contributed by atoms with E-state index in [9.17, 15) is 9.90 Å². The lowest BCUT2D eigenvalue weighted by Gasteiger charge is -2.16. The Morgan fingerprint density at radius 1 is 1.14 bits per heavy atom. The largest absolute Gasteiger partial charge is 0.480 e. The van der Waals surface area contributed by atoms with Crippen molar-refractivity contribution in [3.8, 4) is 0 Å². The number of aromatic nitrogens is 1. The van der Waals surface area contributed by atoms with Gasteiger partial charge in [-0.1, -0.05) is 42.0 Å². The summed E-state index contributed by atoms with van der Waals surface area (Å²) in [5, 5.41) is 10.7. The van der Waals surface area contributed by atoms with Crippen molar-refractivity contribution in [2.45, 2.75) is 25.8 Å². The fraction of sp³-hybridized carbons (Fsp3) is 0.211. The fourth-order valence-electron chi connectivity index (χ4n) is 2.88. The van der Waals surface area contributed by atoms with Gasteiger partial charge in [0.1, 0.15) is 6.04 Å². The molecule has 2 aromatic carbocycles. The van der Waals surface area contributed by atoms with Crippen LogP contribution in [0.2, 0.25) is 0 Å². The quantitative estimate of drug-likeness (QED) is 0.765. The van der Waals surface area contributed by atoms with Crippen LogP contribution in [0.25, 0.3) is 10.9 Å². The van der Waals surface area contributed by atoms with Crippen LogP contribution in [0.4, 0.5) is 0 Å². The Hall–Kier alpha value is -2.55. The number of rotatable bonds is 5. The maximum absolute atomic E-state index is 11.7. The Morgan fingerprint density at radius 3 is 2.64 bits per heavy atom. The lowest BCUT2D eigenvalue weighted by Crippen LogP contribution is -2.19. The third-order valence-corrected chi connectivity index (χ3v) is 4.05. The van der Waals surface area contributed by atoms with Crippen LogP contribution in [0, 0.1) is 6.92 Å². The maximum Gasteiger partial charge on any atom is 0.326 e. The molecule has 3 rings (SSSR count). The van der Waals surface area contributed by atoms with E-state index in [4.69, 9.17) is 0 Å². The van der Waals surface area contributed by atoms with E-state index >= 15 is 0 Å². The van der Waals surface area contributed by atoms with Crippen LogP contribution in [-0.2, 0) is 11.2 Å². The molecule has 22 heavy (non-hydrogen) atoms. The number of carbonyl (C=O) groups is 1. The molecule has 0 radical (unpaired) electrons. The minimum absolute atomic E-state index is 0.541. The minimum Gasteiger partial charge on any atom is -0.480 e. The van der Waals surface area contributed by atoms with Crippen molar-refractivity contribution in [2.24, 2.45) is 0 Å². The van der Waals surface area contributed by atoms with Crippen molar-refractivity contribution in [1.29, 1.82) is 0 Å². The van der Waals surface area contributed by atoms with Crippen molar-refractivity contribution in [1.82, 2.24) is 4.57 Å². The first kappa shape index (κ1) is 14.4. The number of hydrogen-bond donors (Lipinski definition) is 1. The van der Waals surface area contributed by atoms with Crippen molar-refractivity contribution >= 4 is 16.9 Å². The third-order valence-electron chi connectivity index (χ3n) is 4.05.